The van der Waals surface area contributed by atoms with E-state index in [-0.39, 0.29) is 0 Å². The highest BCUT2D eigenvalue weighted by Crippen LogP contribution is 2.28. The van der Waals surface area contributed by atoms with Gasteiger partial charge in [0.25, 0.3) is 0 Å². The second-order valence-electron chi connectivity index (χ2n) is 3.21. The average molecular weight is 229 g/mol. The van der Waals surface area contributed by atoms with Crippen molar-refractivity contribution < 1.29 is 4.48 Å². The third-order valence-corrected chi connectivity index (χ3v) is 2.39. The van der Waals surface area contributed by atoms with Crippen LogP contribution in [0.2, 0.25) is 5.02 Å². The Kier molecular flexibility index (Phi) is 4.43. The standard InChI is InChI=1S/C11H14ClFN2/c1-3-4-7-15(2)11-6-5-9(14-13)8-10(11)12/h3-6,8,14H,7H2,1-2H3/b4-3-. The fourth-order valence-electron chi connectivity index (χ4n) is 1.24. The van der Waals surface area contributed by atoms with Crippen LogP contribution in [-0.4, -0.2) is 13.6 Å². The molecule has 0 aliphatic carbocycles. The van der Waals surface area contributed by atoms with Crippen LogP contribution in [0.25, 0.3) is 0 Å². The largest absolute Gasteiger partial charge is 0.370 e. The van der Waals surface area contributed by atoms with E-state index in [1.165, 1.54) is 0 Å². The van der Waals surface area contributed by atoms with Gasteiger partial charge in [-0.25, -0.2) is 5.54 Å². The van der Waals surface area contributed by atoms with Crippen LogP contribution >= 0.6 is 11.6 Å². The van der Waals surface area contributed by atoms with E-state index in [1.54, 1.807) is 23.7 Å². The molecule has 15 heavy (non-hydrogen) atoms. The van der Waals surface area contributed by atoms with Gasteiger partial charge in [-0.05, 0) is 25.1 Å². The minimum atomic E-state index is 0.364. The van der Waals surface area contributed by atoms with Crippen molar-refractivity contribution >= 4 is 23.0 Å². The summed E-state index contributed by atoms with van der Waals surface area (Å²) in [6.07, 6.45) is 4.00. The maximum atomic E-state index is 12.1. The molecule has 0 aliphatic heterocycles. The Morgan fingerprint density at radius 2 is 2.27 bits per heavy atom. The molecule has 0 unspecified atom stereocenters. The van der Waals surface area contributed by atoms with Gasteiger partial charge in [-0.15, -0.1) is 4.48 Å². The zero-order chi connectivity index (χ0) is 11.3. The van der Waals surface area contributed by atoms with E-state index < -0.39 is 0 Å². The van der Waals surface area contributed by atoms with Gasteiger partial charge < -0.3 is 4.90 Å². The third kappa shape index (κ3) is 3.13. The van der Waals surface area contributed by atoms with Crippen LogP contribution in [0.5, 0.6) is 0 Å². The Morgan fingerprint density at radius 1 is 1.53 bits per heavy atom. The fraction of sp³-hybridized carbons (Fsp3) is 0.273. The van der Waals surface area contributed by atoms with Crippen molar-refractivity contribution in [3.63, 3.8) is 0 Å². The van der Waals surface area contributed by atoms with Crippen LogP contribution in [-0.2, 0) is 0 Å². The number of allylic oxidation sites excluding steroid dienone is 1. The van der Waals surface area contributed by atoms with Crippen molar-refractivity contribution in [1.29, 1.82) is 0 Å². The molecule has 0 radical (unpaired) electrons. The zero-order valence-corrected chi connectivity index (χ0v) is 9.55. The SMILES string of the molecule is C/C=C\CN(C)c1ccc(NF)cc1Cl. The highest BCUT2D eigenvalue weighted by Gasteiger charge is 2.05. The van der Waals surface area contributed by atoms with Crippen molar-refractivity contribution in [2.45, 2.75) is 6.92 Å². The van der Waals surface area contributed by atoms with Gasteiger partial charge in [-0.3, -0.25) is 0 Å². The summed E-state index contributed by atoms with van der Waals surface area (Å²) in [7, 11) is 1.93. The van der Waals surface area contributed by atoms with Crippen molar-refractivity contribution in [3.8, 4) is 0 Å². The molecule has 0 atom stereocenters. The summed E-state index contributed by atoms with van der Waals surface area (Å²) in [5.41, 5.74) is 2.81. The summed E-state index contributed by atoms with van der Waals surface area (Å²) in [5.74, 6) is 0. The van der Waals surface area contributed by atoms with E-state index in [1.807, 2.05) is 31.0 Å². The molecule has 0 amide bonds. The summed E-state index contributed by atoms with van der Waals surface area (Å²) in [6, 6.07) is 4.99. The van der Waals surface area contributed by atoms with E-state index in [9.17, 15) is 4.48 Å². The van der Waals surface area contributed by atoms with Crippen LogP contribution in [0, 0.1) is 0 Å². The molecule has 1 N–H and O–H groups in total. The number of hydrogen-bond acceptors (Lipinski definition) is 2. The first-order valence-electron chi connectivity index (χ1n) is 4.67. The molecule has 82 valence electrons. The highest BCUT2D eigenvalue weighted by atomic mass is 35.5. The van der Waals surface area contributed by atoms with E-state index in [0.29, 0.717) is 10.7 Å². The molecule has 2 nitrogen and oxygen atoms in total. The van der Waals surface area contributed by atoms with Gasteiger partial charge in [0.15, 0.2) is 0 Å². The van der Waals surface area contributed by atoms with Gasteiger partial charge in [0.2, 0.25) is 0 Å². The molecule has 0 fully saturated rings. The molecule has 4 heteroatoms. The first-order chi connectivity index (χ1) is 7.19. The summed E-state index contributed by atoms with van der Waals surface area (Å²) in [5, 5.41) is 0.532. The van der Waals surface area contributed by atoms with Gasteiger partial charge in [0.1, 0.15) is 0 Å². The molecule has 1 rings (SSSR count). The second-order valence-corrected chi connectivity index (χ2v) is 3.62. The third-order valence-electron chi connectivity index (χ3n) is 2.08. The maximum Gasteiger partial charge on any atom is 0.0672 e. The maximum absolute atomic E-state index is 12.1. The Hall–Kier alpha value is -1.22. The van der Waals surface area contributed by atoms with Crippen LogP contribution in [0.1, 0.15) is 6.92 Å². The summed E-state index contributed by atoms with van der Waals surface area (Å²) in [4.78, 5) is 1.99. The average Bonchev–Trinajstić information content (AvgIpc) is 2.25. The van der Waals surface area contributed by atoms with Crippen molar-refractivity contribution in [3.05, 3.63) is 35.4 Å². The number of nitrogens with one attached hydrogen (secondary N) is 1. The van der Waals surface area contributed by atoms with Crippen molar-refractivity contribution in [2.24, 2.45) is 0 Å². The number of anilines is 2. The van der Waals surface area contributed by atoms with Crippen LogP contribution < -0.4 is 10.4 Å². The van der Waals surface area contributed by atoms with Crippen LogP contribution in [0.4, 0.5) is 15.9 Å². The summed E-state index contributed by atoms with van der Waals surface area (Å²) < 4.78 is 12.1. The molecule has 1 aromatic carbocycles. The molecule has 0 aliphatic rings. The monoisotopic (exact) mass is 228 g/mol. The number of benzene rings is 1. The van der Waals surface area contributed by atoms with Gasteiger partial charge in [-0.2, -0.15) is 0 Å². The van der Waals surface area contributed by atoms with Gasteiger partial charge in [0.05, 0.1) is 16.4 Å². The predicted octanol–water partition coefficient (Wildman–Crippen LogP) is 3.65. The first-order valence-corrected chi connectivity index (χ1v) is 5.05. The lowest BCUT2D eigenvalue weighted by Crippen LogP contribution is -2.17. The van der Waals surface area contributed by atoms with Crippen LogP contribution in [0.3, 0.4) is 0 Å². The van der Waals surface area contributed by atoms with Gasteiger partial charge in [0, 0.05) is 13.6 Å². The number of likely N-dealkylation sites (N-methyl/N-ethyl adjacent to an activating group) is 1. The molecule has 0 spiro atoms. The lowest BCUT2D eigenvalue weighted by atomic mass is 10.2. The lowest BCUT2D eigenvalue weighted by Gasteiger charge is -2.18. The minimum Gasteiger partial charge on any atom is -0.370 e. The Labute approximate surface area is 94.3 Å². The van der Waals surface area contributed by atoms with Crippen LogP contribution in [0.15, 0.2) is 30.4 Å². The zero-order valence-electron chi connectivity index (χ0n) is 8.80. The predicted molar refractivity (Wildman–Crippen MR) is 64.3 cm³/mol. The topological polar surface area (TPSA) is 15.3 Å². The molecule has 0 saturated carbocycles. The molecular formula is C11H14ClFN2. The van der Waals surface area contributed by atoms with E-state index in [2.05, 4.69) is 0 Å². The van der Waals surface area contributed by atoms with Gasteiger partial charge in [-0.1, -0.05) is 23.8 Å². The number of rotatable bonds is 4. The Balaban J connectivity index is 2.85. The summed E-state index contributed by atoms with van der Waals surface area (Å²) >= 11 is 6.01. The molecule has 0 bridgehead atoms. The molecule has 0 heterocycles. The van der Waals surface area contributed by atoms with Crippen molar-refractivity contribution in [2.75, 3.05) is 24.0 Å². The summed E-state index contributed by atoms with van der Waals surface area (Å²) in [6.45, 7) is 2.74. The first kappa shape index (κ1) is 11.9. The highest BCUT2D eigenvalue weighted by molar-refractivity contribution is 6.33. The molecule has 1 aromatic rings. The quantitative estimate of drug-likeness (QED) is 0.625. The molecule has 0 saturated heterocycles. The minimum absolute atomic E-state index is 0.364. The molecule has 0 aromatic heterocycles. The normalized spacial score (nSPS) is 10.7. The van der Waals surface area contributed by atoms with E-state index in [0.717, 1.165) is 12.2 Å². The fourth-order valence-corrected chi connectivity index (χ4v) is 1.56. The smallest absolute Gasteiger partial charge is 0.0672 e. The number of halogens is 2. The second kappa shape index (κ2) is 5.61. The lowest BCUT2D eigenvalue weighted by molar-refractivity contribution is 0.618. The molecular weight excluding hydrogens is 215 g/mol. The van der Waals surface area contributed by atoms with Crippen molar-refractivity contribution in [1.82, 2.24) is 0 Å². The number of hydrogen-bond donors (Lipinski definition) is 1. The van der Waals surface area contributed by atoms with Gasteiger partial charge >= 0.3 is 0 Å². The number of nitrogens with zero attached hydrogens (tertiary/aromatic N) is 1. The van der Waals surface area contributed by atoms with E-state index in [4.69, 9.17) is 11.6 Å². The van der Waals surface area contributed by atoms with E-state index >= 15 is 0 Å². The Morgan fingerprint density at radius 3 is 2.80 bits per heavy atom. The Bertz CT molecular complexity index is 352.